The fourth-order valence-corrected chi connectivity index (χ4v) is 6.49. The van der Waals surface area contributed by atoms with Gasteiger partial charge >= 0.3 is 0 Å². The number of piperidine rings is 1. The van der Waals surface area contributed by atoms with Gasteiger partial charge in [0.2, 0.25) is 15.9 Å². The lowest BCUT2D eigenvalue weighted by Gasteiger charge is -2.36. The lowest BCUT2D eigenvalue weighted by Crippen LogP contribution is -2.50. The molecule has 0 aliphatic carbocycles. The van der Waals surface area contributed by atoms with Crippen LogP contribution in [0.1, 0.15) is 31.7 Å². The second kappa shape index (κ2) is 11.0. The first kappa shape index (κ1) is 24.8. The predicted molar refractivity (Wildman–Crippen MR) is 130 cm³/mol. The summed E-state index contributed by atoms with van der Waals surface area (Å²) in [6.45, 7) is 5.37. The zero-order chi connectivity index (χ0) is 24.1. The maximum absolute atomic E-state index is 13.2. The lowest BCUT2D eigenvalue weighted by molar-refractivity contribution is -0.137. The monoisotopic (exact) mass is 487 g/mol. The van der Waals surface area contributed by atoms with Crippen molar-refractivity contribution in [1.29, 1.82) is 0 Å². The minimum Gasteiger partial charge on any atom is -0.341 e. The van der Waals surface area contributed by atoms with Crippen LogP contribution in [0.3, 0.4) is 0 Å². The standard InChI is InChI=1S/C26H34FN3O3S/c1-21(26(31)29-16-12-23(13-17-29)20-22-6-3-2-4-7-22)28-14-5-15-30(19-18-28)34(32,33)25-10-8-24(27)9-11-25/h2-4,6-11,21,23H,5,12-20H2,1H3. The van der Waals surface area contributed by atoms with E-state index in [0.717, 1.165) is 32.4 Å². The van der Waals surface area contributed by atoms with Crippen LogP contribution in [0.25, 0.3) is 0 Å². The molecule has 0 spiro atoms. The van der Waals surface area contributed by atoms with Crippen LogP contribution in [0.5, 0.6) is 0 Å². The second-order valence-electron chi connectivity index (χ2n) is 9.38. The highest BCUT2D eigenvalue weighted by Crippen LogP contribution is 2.24. The summed E-state index contributed by atoms with van der Waals surface area (Å²) in [5.41, 5.74) is 1.35. The number of nitrogens with zero attached hydrogens (tertiary/aromatic N) is 3. The van der Waals surface area contributed by atoms with Crippen molar-refractivity contribution < 1.29 is 17.6 Å². The lowest BCUT2D eigenvalue weighted by atomic mass is 9.90. The first-order chi connectivity index (χ1) is 16.3. The van der Waals surface area contributed by atoms with E-state index >= 15 is 0 Å². The number of hydrogen-bond acceptors (Lipinski definition) is 4. The van der Waals surface area contributed by atoms with Gasteiger partial charge in [-0.05, 0) is 68.4 Å². The van der Waals surface area contributed by atoms with E-state index in [4.69, 9.17) is 0 Å². The Bertz CT molecular complexity index is 1050. The van der Waals surface area contributed by atoms with Gasteiger partial charge in [-0.3, -0.25) is 9.69 Å². The highest BCUT2D eigenvalue weighted by atomic mass is 32.2. The van der Waals surface area contributed by atoms with Gasteiger partial charge in [-0.1, -0.05) is 30.3 Å². The Morgan fingerprint density at radius 3 is 2.29 bits per heavy atom. The summed E-state index contributed by atoms with van der Waals surface area (Å²) in [5, 5.41) is 0. The number of rotatable bonds is 6. The van der Waals surface area contributed by atoms with Crippen LogP contribution >= 0.6 is 0 Å². The molecular weight excluding hydrogens is 453 g/mol. The average Bonchev–Trinajstić information content (AvgIpc) is 3.12. The molecule has 2 saturated heterocycles. The minimum absolute atomic E-state index is 0.102. The van der Waals surface area contributed by atoms with Crippen molar-refractivity contribution in [3.05, 3.63) is 66.0 Å². The molecule has 1 unspecified atom stereocenters. The number of amides is 1. The first-order valence-corrected chi connectivity index (χ1v) is 13.6. The quantitative estimate of drug-likeness (QED) is 0.627. The van der Waals surface area contributed by atoms with Gasteiger partial charge in [-0.25, -0.2) is 12.8 Å². The normalized spacial score (nSPS) is 20.1. The third-order valence-electron chi connectivity index (χ3n) is 7.14. The molecule has 2 aromatic rings. The number of likely N-dealkylation sites (tertiary alicyclic amines) is 1. The molecule has 0 radical (unpaired) electrons. The third-order valence-corrected chi connectivity index (χ3v) is 9.05. The summed E-state index contributed by atoms with van der Waals surface area (Å²) in [6.07, 6.45) is 3.73. The average molecular weight is 488 g/mol. The van der Waals surface area contributed by atoms with Crippen LogP contribution in [-0.2, 0) is 21.2 Å². The fraction of sp³-hybridized carbons (Fsp3) is 0.500. The SMILES string of the molecule is CC(C(=O)N1CCC(Cc2ccccc2)CC1)N1CCCN(S(=O)(=O)c2ccc(F)cc2)CC1. The van der Waals surface area contributed by atoms with Gasteiger partial charge in [-0.2, -0.15) is 4.31 Å². The fourth-order valence-electron chi connectivity index (χ4n) is 5.02. The number of hydrogen-bond donors (Lipinski definition) is 0. The molecule has 2 fully saturated rings. The van der Waals surface area contributed by atoms with Crippen LogP contribution < -0.4 is 0 Å². The Hall–Kier alpha value is -2.29. The summed E-state index contributed by atoms with van der Waals surface area (Å²) in [6, 6.07) is 15.2. The maximum Gasteiger partial charge on any atom is 0.243 e. The van der Waals surface area contributed by atoms with Crippen molar-refractivity contribution in [3.8, 4) is 0 Å². The third kappa shape index (κ3) is 5.85. The van der Waals surface area contributed by atoms with Gasteiger partial charge in [0.05, 0.1) is 10.9 Å². The molecule has 1 amide bonds. The van der Waals surface area contributed by atoms with Crippen LogP contribution in [0.2, 0.25) is 0 Å². The number of carbonyl (C=O) groups excluding carboxylic acids is 1. The summed E-state index contributed by atoms with van der Waals surface area (Å²) >= 11 is 0. The van der Waals surface area contributed by atoms with E-state index < -0.39 is 15.8 Å². The van der Waals surface area contributed by atoms with Gasteiger partial charge < -0.3 is 4.90 Å². The van der Waals surface area contributed by atoms with Crippen molar-refractivity contribution >= 4 is 15.9 Å². The molecule has 2 aromatic carbocycles. The van der Waals surface area contributed by atoms with E-state index in [9.17, 15) is 17.6 Å². The van der Waals surface area contributed by atoms with Gasteiger partial charge in [0.15, 0.2) is 0 Å². The topological polar surface area (TPSA) is 60.9 Å². The van der Waals surface area contributed by atoms with E-state index in [1.165, 1.54) is 34.1 Å². The number of benzene rings is 2. The van der Waals surface area contributed by atoms with Crippen molar-refractivity contribution in [2.75, 3.05) is 39.3 Å². The van der Waals surface area contributed by atoms with E-state index in [0.29, 0.717) is 38.5 Å². The van der Waals surface area contributed by atoms with E-state index in [2.05, 4.69) is 29.2 Å². The zero-order valence-electron chi connectivity index (χ0n) is 19.8. The van der Waals surface area contributed by atoms with Gasteiger partial charge in [0, 0.05) is 39.3 Å². The highest BCUT2D eigenvalue weighted by molar-refractivity contribution is 7.89. The summed E-state index contributed by atoms with van der Waals surface area (Å²) in [5.74, 6) is 0.274. The van der Waals surface area contributed by atoms with Crippen LogP contribution in [0, 0.1) is 11.7 Å². The predicted octanol–water partition coefficient (Wildman–Crippen LogP) is 3.39. The van der Waals surface area contributed by atoms with Crippen molar-refractivity contribution in [2.24, 2.45) is 5.92 Å². The van der Waals surface area contributed by atoms with Crippen LogP contribution in [0.15, 0.2) is 59.5 Å². The smallest absolute Gasteiger partial charge is 0.243 e. The van der Waals surface area contributed by atoms with Gasteiger partial charge in [0.1, 0.15) is 5.82 Å². The van der Waals surface area contributed by atoms with E-state index in [1.54, 1.807) is 0 Å². The molecule has 2 aliphatic heterocycles. The van der Waals surface area contributed by atoms with Crippen molar-refractivity contribution in [3.63, 3.8) is 0 Å². The highest BCUT2D eigenvalue weighted by Gasteiger charge is 2.32. The van der Waals surface area contributed by atoms with E-state index in [-0.39, 0.29) is 16.8 Å². The molecule has 0 aromatic heterocycles. The Morgan fingerprint density at radius 1 is 0.941 bits per heavy atom. The van der Waals surface area contributed by atoms with E-state index in [1.807, 2.05) is 17.9 Å². The molecule has 4 rings (SSSR count). The molecule has 1 atom stereocenters. The molecule has 0 N–H and O–H groups in total. The number of halogens is 1. The molecule has 34 heavy (non-hydrogen) atoms. The minimum atomic E-state index is -3.68. The maximum atomic E-state index is 13.2. The Labute approximate surface area is 202 Å². The molecule has 0 bridgehead atoms. The van der Waals surface area contributed by atoms with Crippen LogP contribution in [-0.4, -0.2) is 73.7 Å². The largest absolute Gasteiger partial charge is 0.341 e. The molecule has 184 valence electrons. The number of sulfonamides is 1. The molecular formula is C26H34FN3O3S. The molecule has 8 heteroatoms. The summed E-state index contributed by atoms with van der Waals surface area (Å²) in [4.78, 5) is 17.4. The Balaban J connectivity index is 1.30. The van der Waals surface area contributed by atoms with Crippen molar-refractivity contribution in [2.45, 2.75) is 43.5 Å². The summed E-state index contributed by atoms with van der Waals surface area (Å²) in [7, 11) is -3.68. The molecule has 6 nitrogen and oxygen atoms in total. The number of carbonyl (C=O) groups is 1. The Morgan fingerprint density at radius 2 is 1.62 bits per heavy atom. The van der Waals surface area contributed by atoms with Gasteiger partial charge in [-0.15, -0.1) is 0 Å². The molecule has 0 saturated carbocycles. The molecule has 2 heterocycles. The first-order valence-electron chi connectivity index (χ1n) is 12.2. The summed E-state index contributed by atoms with van der Waals surface area (Å²) < 4.78 is 40.6. The second-order valence-corrected chi connectivity index (χ2v) is 11.3. The van der Waals surface area contributed by atoms with Crippen molar-refractivity contribution in [1.82, 2.24) is 14.1 Å². The van der Waals surface area contributed by atoms with Crippen LogP contribution in [0.4, 0.5) is 4.39 Å². The van der Waals surface area contributed by atoms with Gasteiger partial charge in [0.25, 0.3) is 0 Å². The Kier molecular flexibility index (Phi) is 8.01. The zero-order valence-corrected chi connectivity index (χ0v) is 20.6. The molecule has 2 aliphatic rings.